The fourth-order valence-corrected chi connectivity index (χ4v) is 2.49. The molecule has 1 aliphatic rings. The molecule has 0 radical (unpaired) electrons. The Balaban J connectivity index is 1.92. The summed E-state index contributed by atoms with van der Waals surface area (Å²) >= 11 is 0. The van der Waals surface area contributed by atoms with Crippen molar-refractivity contribution >= 4 is 5.91 Å². The third kappa shape index (κ3) is 2.49. The average molecular weight is 236 g/mol. The molecule has 1 amide bonds. The monoisotopic (exact) mass is 236 g/mol. The normalized spacial score (nSPS) is 18.2. The Morgan fingerprint density at radius 2 is 2.29 bits per heavy atom. The molecule has 0 aliphatic heterocycles. The van der Waals surface area contributed by atoms with Gasteiger partial charge in [0, 0.05) is 19.8 Å². The summed E-state index contributed by atoms with van der Waals surface area (Å²) in [5.41, 5.74) is 6.32. The standard InChI is InChI=1S/C12H20N4O/c1-16-7-4-10(15-16)8-14-11(17)12(9-13)5-2-3-6-12/h4,7H,2-3,5-6,8-9,13H2,1H3,(H,14,17). The fraction of sp³-hybridized carbons (Fsp3) is 0.667. The topological polar surface area (TPSA) is 72.9 Å². The quantitative estimate of drug-likeness (QED) is 0.802. The number of carbonyl (C=O) groups is 1. The van der Waals surface area contributed by atoms with E-state index < -0.39 is 0 Å². The van der Waals surface area contributed by atoms with Gasteiger partial charge in [0.2, 0.25) is 5.91 Å². The molecule has 1 heterocycles. The van der Waals surface area contributed by atoms with Gasteiger partial charge in [-0.3, -0.25) is 9.48 Å². The van der Waals surface area contributed by atoms with Crippen LogP contribution in [0.2, 0.25) is 0 Å². The number of aryl methyl sites for hydroxylation is 1. The van der Waals surface area contributed by atoms with Crippen LogP contribution in [0.5, 0.6) is 0 Å². The second-order valence-electron chi connectivity index (χ2n) is 4.85. The molecule has 17 heavy (non-hydrogen) atoms. The molecule has 2 rings (SSSR count). The van der Waals surface area contributed by atoms with Crippen LogP contribution >= 0.6 is 0 Å². The second-order valence-corrected chi connectivity index (χ2v) is 4.85. The van der Waals surface area contributed by atoms with Crippen molar-refractivity contribution in [3.8, 4) is 0 Å². The Morgan fingerprint density at radius 3 is 2.82 bits per heavy atom. The fourth-order valence-electron chi connectivity index (χ4n) is 2.49. The van der Waals surface area contributed by atoms with Gasteiger partial charge in [-0.15, -0.1) is 0 Å². The minimum absolute atomic E-state index is 0.0863. The Morgan fingerprint density at radius 1 is 1.59 bits per heavy atom. The molecule has 1 aromatic heterocycles. The van der Waals surface area contributed by atoms with Gasteiger partial charge in [0.05, 0.1) is 17.7 Å². The van der Waals surface area contributed by atoms with Gasteiger partial charge < -0.3 is 11.1 Å². The van der Waals surface area contributed by atoms with Crippen LogP contribution < -0.4 is 11.1 Å². The van der Waals surface area contributed by atoms with Crippen molar-refractivity contribution in [2.45, 2.75) is 32.2 Å². The van der Waals surface area contributed by atoms with Gasteiger partial charge in [0.25, 0.3) is 0 Å². The minimum atomic E-state index is -0.325. The summed E-state index contributed by atoms with van der Waals surface area (Å²) in [6.07, 6.45) is 5.91. The summed E-state index contributed by atoms with van der Waals surface area (Å²) in [5, 5.41) is 7.18. The van der Waals surface area contributed by atoms with Crippen molar-refractivity contribution in [2.24, 2.45) is 18.2 Å². The number of aromatic nitrogens is 2. The highest BCUT2D eigenvalue weighted by Crippen LogP contribution is 2.37. The molecule has 1 aromatic rings. The van der Waals surface area contributed by atoms with E-state index >= 15 is 0 Å². The molecular formula is C12H20N4O. The predicted octanol–water partition coefficient (Wildman–Crippen LogP) is 0.555. The van der Waals surface area contributed by atoms with E-state index in [1.54, 1.807) is 4.68 Å². The predicted molar refractivity (Wildman–Crippen MR) is 65.0 cm³/mol. The molecule has 0 bridgehead atoms. The zero-order valence-electron chi connectivity index (χ0n) is 10.3. The van der Waals surface area contributed by atoms with Gasteiger partial charge in [-0.25, -0.2) is 0 Å². The first-order valence-corrected chi connectivity index (χ1v) is 6.13. The molecule has 0 spiro atoms. The largest absolute Gasteiger partial charge is 0.350 e. The molecule has 1 aliphatic carbocycles. The van der Waals surface area contributed by atoms with E-state index in [4.69, 9.17) is 5.73 Å². The van der Waals surface area contributed by atoms with Crippen LogP contribution in [-0.4, -0.2) is 22.2 Å². The minimum Gasteiger partial charge on any atom is -0.350 e. The number of hydrogen-bond acceptors (Lipinski definition) is 3. The molecule has 0 atom stereocenters. The smallest absolute Gasteiger partial charge is 0.227 e. The summed E-state index contributed by atoms with van der Waals surface area (Å²) in [5.74, 6) is 0.0863. The van der Waals surface area contributed by atoms with Gasteiger partial charge in [-0.05, 0) is 18.9 Å². The Hall–Kier alpha value is -1.36. The Labute approximate surface area is 101 Å². The van der Waals surface area contributed by atoms with E-state index in [0.717, 1.165) is 31.4 Å². The lowest BCUT2D eigenvalue weighted by Gasteiger charge is -2.25. The van der Waals surface area contributed by atoms with Crippen LogP contribution in [0.3, 0.4) is 0 Å². The molecule has 0 aromatic carbocycles. The maximum atomic E-state index is 12.2. The van der Waals surface area contributed by atoms with E-state index in [9.17, 15) is 4.79 Å². The number of rotatable bonds is 4. The highest BCUT2D eigenvalue weighted by atomic mass is 16.2. The van der Waals surface area contributed by atoms with Crippen LogP contribution in [0, 0.1) is 5.41 Å². The van der Waals surface area contributed by atoms with Crippen LogP contribution in [0.1, 0.15) is 31.4 Å². The van der Waals surface area contributed by atoms with E-state index in [0.29, 0.717) is 13.1 Å². The van der Waals surface area contributed by atoms with E-state index in [-0.39, 0.29) is 11.3 Å². The summed E-state index contributed by atoms with van der Waals surface area (Å²) in [6, 6.07) is 1.91. The number of amides is 1. The molecule has 3 N–H and O–H groups in total. The maximum Gasteiger partial charge on any atom is 0.227 e. The van der Waals surface area contributed by atoms with E-state index in [2.05, 4.69) is 10.4 Å². The molecule has 5 heteroatoms. The molecule has 94 valence electrons. The van der Waals surface area contributed by atoms with E-state index in [1.807, 2.05) is 19.3 Å². The van der Waals surface area contributed by atoms with Crippen LogP contribution in [0.15, 0.2) is 12.3 Å². The molecule has 0 saturated heterocycles. The van der Waals surface area contributed by atoms with Crippen molar-refractivity contribution < 1.29 is 4.79 Å². The van der Waals surface area contributed by atoms with Crippen LogP contribution in [-0.2, 0) is 18.4 Å². The average Bonchev–Trinajstić information content (AvgIpc) is 2.95. The lowest BCUT2D eigenvalue weighted by molar-refractivity contribution is -0.130. The summed E-state index contributed by atoms with van der Waals surface area (Å²) in [7, 11) is 1.86. The van der Waals surface area contributed by atoms with Gasteiger partial charge in [0.15, 0.2) is 0 Å². The van der Waals surface area contributed by atoms with Crippen molar-refractivity contribution in [2.75, 3.05) is 6.54 Å². The lowest BCUT2D eigenvalue weighted by atomic mass is 9.85. The third-order valence-electron chi connectivity index (χ3n) is 3.63. The van der Waals surface area contributed by atoms with Gasteiger partial charge >= 0.3 is 0 Å². The van der Waals surface area contributed by atoms with Gasteiger partial charge in [0.1, 0.15) is 0 Å². The van der Waals surface area contributed by atoms with Crippen molar-refractivity contribution in [1.29, 1.82) is 0 Å². The third-order valence-corrected chi connectivity index (χ3v) is 3.63. The van der Waals surface area contributed by atoms with Crippen molar-refractivity contribution in [3.63, 3.8) is 0 Å². The molecular weight excluding hydrogens is 216 g/mol. The molecule has 0 unspecified atom stereocenters. The zero-order valence-corrected chi connectivity index (χ0v) is 10.3. The summed E-state index contributed by atoms with van der Waals surface area (Å²) < 4.78 is 1.73. The second kappa shape index (κ2) is 4.87. The number of nitrogens with zero attached hydrogens (tertiary/aromatic N) is 2. The van der Waals surface area contributed by atoms with Gasteiger partial charge in [-0.2, -0.15) is 5.10 Å². The van der Waals surface area contributed by atoms with Gasteiger partial charge in [-0.1, -0.05) is 12.8 Å². The SMILES string of the molecule is Cn1ccc(CNC(=O)C2(CN)CCCC2)n1. The Kier molecular flexibility index (Phi) is 3.47. The first kappa shape index (κ1) is 12.1. The number of nitrogens with one attached hydrogen (secondary N) is 1. The summed E-state index contributed by atoms with van der Waals surface area (Å²) in [6.45, 7) is 0.933. The first-order chi connectivity index (χ1) is 8.16. The van der Waals surface area contributed by atoms with Crippen molar-refractivity contribution in [3.05, 3.63) is 18.0 Å². The Bertz CT molecular complexity index is 393. The maximum absolute atomic E-state index is 12.2. The first-order valence-electron chi connectivity index (χ1n) is 6.13. The molecule has 1 fully saturated rings. The molecule has 1 saturated carbocycles. The lowest BCUT2D eigenvalue weighted by Crippen LogP contribution is -2.43. The van der Waals surface area contributed by atoms with Crippen LogP contribution in [0.25, 0.3) is 0 Å². The zero-order chi connectivity index (χ0) is 12.3. The highest BCUT2D eigenvalue weighted by Gasteiger charge is 2.39. The highest BCUT2D eigenvalue weighted by molar-refractivity contribution is 5.83. The number of nitrogens with two attached hydrogens (primary N) is 1. The summed E-state index contributed by atoms with van der Waals surface area (Å²) in [4.78, 5) is 12.2. The number of hydrogen-bond donors (Lipinski definition) is 2. The van der Waals surface area contributed by atoms with Crippen LogP contribution in [0.4, 0.5) is 0 Å². The molecule has 5 nitrogen and oxygen atoms in total. The van der Waals surface area contributed by atoms with E-state index in [1.165, 1.54) is 0 Å². The van der Waals surface area contributed by atoms with Crippen molar-refractivity contribution in [1.82, 2.24) is 15.1 Å². The number of carbonyl (C=O) groups excluding carboxylic acids is 1.